The van der Waals surface area contributed by atoms with E-state index >= 15 is 0 Å². The number of nitrogens with zero attached hydrogens (tertiary/aromatic N) is 4. The molecular weight excluding hydrogens is 816 g/mol. The maximum Gasteiger partial charge on any atom is 0.442 e. The highest BCUT2D eigenvalue weighted by Gasteiger charge is 2.70. The van der Waals surface area contributed by atoms with Crippen LogP contribution in [0.25, 0.3) is 5.57 Å². The van der Waals surface area contributed by atoms with Crippen molar-refractivity contribution in [2.45, 2.75) is 110 Å². The molecular formula is C48H60F3N5O5S. The lowest BCUT2D eigenvalue weighted by molar-refractivity contribution is -0.211. The molecule has 1 amide bonds. The van der Waals surface area contributed by atoms with Crippen molar-refractivity contribution in [1.29, 1.82) is 0 Å². The fourth-order valence-corrected chi connectivity index (χ4v) is 15.8. The molecule has 1 saturated heterocycles. The van der Waals surface area contributed by atoms with Gasteiger partial charge in [-0.1, -0.05) is 65.0 Å². The van der Waals surface area contributed by atoms with E-state index in [1.54, 1.807) is 12.1 Å². The molecule has 5 aliphatic carbocycles. The summed E-state index contributed by atoms with van der Waals surface area (Å²) in [5.74, 6) is 0.117. The molecule has 0 radical (unpaired) electrons. The number of allylic oxidation sites excluding steroid dienone is 2. The summed E-state index contributed by atoms with van der Waals surface area (Å²) in [4.78, 5) is 32.8. The van der Waals surface area contributed by atoms with E-state index in [9.17, 15) is 36.3 Å². The minimum Gasteiger partial charge on any atom is -0.478 e. The SMILES string of the molecule is CC1(C)C(c2ccc(C(=O)O)cc2)=CC[C@]2(C)[C@H]3CC[C@@H]4[C@H]5C(=NC(=O)c6ccc(C7(C(F)(F)F)N=N7)cc6)CC[C@]5(NCCN5CCS(=O)(=O)CC5)CC[C@@]4(C)[C@]3(C)CC[C@@H]12. The predicted octanol–water partition coefficient (Wildman–Crippen LogP) is 9.38. The second kappa shape index (κ2) is 14.6. The van der Waals surface area contributed by atoms with Crippen LogP contribution in [0.3, 0.4) is 0 Å². The summed E-state index contributed by atoms with van der Waals surface area (Å²) in [6, 6.07) is 12.7. The lowest BCUT2D eigenvalue weighted by Gasteiger charge is -2.72. The maximum absolute atomic E-state index is 14.0. The summed E-state index contributed by atoms with van der Waals surface area (Å²) < 4.78 is 65.6. The van der Waals surface area contributed by atoms with Crippen molar-refractivity contribution in [1.82, 2.24) is 10.2 Å². The Morgan fingerprint density at radius 3 is 2.15 bits per heavy atom. The first-order chi connectivity index (χ1) is 29.1. The number of sulfone groups is 1. The minimum atomic E-state index is -4.66. The molecule has 0 unspecified atom stereocenters. The molecule has 0 bridgehead atoms. The van der Waals surface area contributed by atoms with E-state index in [4.69, 9.17) is 4.99 Å². The molecule has 5 fully saturated rings. The first kappa shape index (κ1) is 43.5. The summed E-state index contributed by atoms with van der Waals surface area (Å²) in [5.41, 5.74) is 0.701. The number of fused-ring (bicyclic) bond motifs is 7. The van der Waals surface area contributed by atoms with Gasteiger partial charge in [-0.15, -0.1) is 10.2 Å². The van der Waals surface area contributed by atoms with Crippen LogP contribution in [0.1, 0.15) is 124 Å². The summed E-state index contributed by atoms with van der Waals surface area (Å²) in [6.45, 7) is 14.8. The summed E-state index contributed by atoms with van der Waals surface area (Å²) in [7, 11) is -3.00. The summed E-state index contributed by atoms with van der Waals surface area (Å²) in [5, 5.41) is 20.2. The van der Waals surface area contributed by atoms with Crippen LogP contribution in [0.4, 0.5) is 13.2 Å². The normalized spacial score (nSPS) is 37.4. The van der Waals surface area contributed by atoms with Crippen molar-refractivity contribution >= 4 is 33.0 Å². The Hall–Kier alpha value is -3.75. The van der Waals surface area contributed by atoms with Gasteiger partial charge in [0.05, 0.1) is 17.1 Å². The van der Waals surface area contributed by atoms with E-state index < -0.39 is 33.6 Å². The number of alkyl halides is 3. The van der Waals surface area contributed by atoms with Gasteiger partial charge in [0.1, 0.15) is 0 Å². The van der Waals surface area contributed by atoms with Gasteiger partial charge < -0.3 is 15.3 Å². The zero-order valence-corrected chi connectivity index (χ0v) is 37.3. The molecule has 62 heavy (non-hydrogen) atoms. The van der Waals surface area contributed by atoms with Gasteiger partial charge in [-0.3, -0.25) is 4.79 Å². The van der Waals surface area contributed by atoms with Crippen LogP contribution in [0.15, 0.2) is 69.8 Å². The fraction of sp³-hybridized carbons (Fsp3) is 0.646. The van der Waals surface area contributed by atoms with E-state index in [1.807, 2.05) is 12.1 Å². The van der Waals surface area contributed by atoms with Crippen LogP contribution in [-0.2, 0) is 15.5 Å². The molecule has 2 aromatic carbocycles. The van der Waals surface area contributed by atoms with Crippen molar-refractivity contribution in [3.05, 3.63) is 76.9 Å². The van der Waals surface area contributed by atoms with Crippen molar-refractivity contribution in [2.24, 2.45) is 60.6 Å². The number of benzene rings is 2. The summed E-state index contributed by atoms with van der Waals surface area (Å²) >= 11 is 0. The largest absolute Gasteiger partial charge is 0.478 e. The van der Waals surface area contributed by atoms with Crippen molar-refractivity contribution in [3.8, 4) is 0 Å². The summed E-state index contributed by atoms with van der Waals surface area (Å²) in [6.07, 6.45) is 6.41. The van der Waals surface area contributed by atoms with E-state index in [2.05, 4.69) is 61.1 Å². The number of rotatable bonds is 8. The molecule has 0 aromatic heterocycles. The van der Waals surface area contributed by atoms with E-state index in [0.717, 1.165) is 69.2 Å². The Bertz CT molecular complexity index is 2340. The Labute approximate surface area is 363 Å². The number of carbonyl (C=O) groups is 2. The van der Waals surface area contributed by atoms with Gasteiger partial charge in [0.2, 0.25) is 0 Å². The number of nitrogens with one attached hydrogen (secondary N) is 1. The van der Waals surface area contributed by atoms with Gasteiger partial charge in [-0.25, -0.2) is 18.2 Å². The smallest absolute Gasteiger partial charge is 0.442 e. The third kappa shape index (κ3) is 6.69. The molecule has 2 N–H and O–H groups in total. The highest BCUT2D eigenvalue weighted by atomic mass is 32.2. The molecule has 2 heterocycles. The number of hydrogen-bond donors (Lipinski definition) is 2. The predicted molar refractivity (Wildman–Crippen MR) is 232 cm³/mol. The van der Waals surface area contributed by atoms with Gasteiger partial charge >= 0.3 is 17.8 Å². The van der Waals surface area contributed by atoms with Crippen LogP contribution in [0, 0.1) is 45.3 Å². The first-order valence-electron chi connectivity index (χ1n) is 22.5. The topological polar surface area (TPSA) is 141 Å². The molecule has 8 atom stereocenters. The quantitative estimate of drug-likeness (QED) is 0.269. The number of carbonyl (C=O) groups excluding carboxylic acids is 1. The molecule has 7 aliphatic rings. The highest BCUT2D eigenvalue weighted by Crippen LogP contribution is 2.76. The average molecular weight is 876 g/mol. The van der Waals surface area contributed by atoms with Gasteiger partial charge in [0.15, 0.2) is 9.84 Å². The fourth-order valence-electron chi connectivity index (χ4n) is 14.6. The Kier molecular flexibility index (Phi) is 10.3. The lowest BCUT2D eigenvalue weighted by atomic mass is 9.33. The number of carboxylic acid groups (broad SMARTS) is 1. The molecule has 9 rings (SSSR count). The van der Waals surface area contributed by atoms with Crippen LogP contribution in [0.5, 0.6) is 0 Å². The van der Waals surface area contributed by atoms with Gasteiger partial charge in [-0.05, 0) is 133 Å². The molecule has 4 saturated carbocycles. The van der Waals surface area contributed by atoms with Gasteiger partial charge in [0.25, 0.3) is 5.91 Å². The third-order valence-electron chi connectivity index (χ3n) is 18.0. The van der Waals surface area contributed by atoms with Gasteiger partial charge in [0, 0.05) is 54.5 Å². The molecule has 14 heteroatoms. The van der Waals surface area contributed by atoms with E-state index in [1.165, 1.54) is 29.8 Å². The molecule has 2 aromatic rings. The van der Waals surface area contributed by atoms with Crippen LogP contribution < -0.4 is 5.32 Å². The number of halogens is 3. The third-order valence-corrected chi connectivity index (χ3v) is 19.7. The highest BCUT2D eigenvalue weighted by molar-refractivity contribution is 7.91. The number of aliphatic imine (C=N–C) groups is 1. The monoisotopic (exact) mass is 875 g/mol. The Morgan fingerprint density at radius 2 is 1.52 bits per heavy atom. The van der Waals surface area contributed by atoms with Crippen molar-refractivity contribution in [2.75, 3.05) is 37.7 Å². The Balaban J connectivity index is 1.01. The van der Waals surface area contributed by atoms with Crippen molar-refractivity contribution in [3.63, 3.8) is 0 Å². The van der Waals surface area contributed by atoms with Crippen LogP contribution >= 0.6 is 0 Å². The molecule has 0 spiro atoms. The average Bonchev–Trinajstić information content (AvgIpc) is 3.97. The number of carboxylic acids is 1. The van der Waals surface area contributed by atoms with Crippen molar-refractivity contribution < 1.29 is 36.3 Å². The second-order valence-corrected chi connectivity index (χ2v) is 23.3. The first-order valence-corrected chi connectivity index (χ1v) is 24.4. The van der Waals surface area contributed by atoms with Gasteiger partial charge in [-0.2, -0.15) is 13.2 Å². The van der Waals surface area contributed by atoms with Crippen LogP contribution in [-0.4, -0.2) is 85.4 Å². The second-order valence-electron chi connectivity index (χ2n) is 21.0. The maximum atomic E-state index is 14.0. The molecule has 334 valence electrons. The van der Waals surface area contributed by atoms with E-state index in [-0.39, 0.29) is 67.2 Å². The lowest BCUT2D eigenvalue weighted by Crippen LogP contribution is -2.68. The number of aromatic carboxylic acids is 1. The number of hydrogen-bond acceptors (Lipinski definition) is 8. The zero-order valence-electron chi connectivity index (χ0n) is 36.5. The molecule has 10 nitrogen and oxygen atoms in total. The zero-order chi connectivity index (χ0) is 44.3. The van der Waals surface area contributed by atoms with E-state index in [0.29, 0.717) is 37.9 Å². The van der Waals surface area contributed by atoms with Crippen LogP contribution in [0.2, 0.25) is 0 Å². The Morgan fingerprint density at radius 1 is 0.855 bits per heavy atom. The number of amides is 1. The molecule has 2 aliphatic heterocycles. The standard InChI is InChI=1S/C48H60F3N5O5S/c1-42(2)34(30-6-8-32(9-7-30)41(58)59)16-19-43(3)37(42)18-20-45(5)38(43)15-14-35-39-36(53-40(57)31-10-12-33(13-11-31)47(54-55-47)48(49,50)51)17-21-46(39,23-22-44(35,45)4)52-24-25-56-26-28-62(60,61)29-27-56/h6-13,16,35,37-39,52H,14-15,17-29H2,1-5H3,(H,58,59)/t35-,37+,38-,39+,43+,44-,45-,46+/m1/s1. The minimum absolute atomic E-state index is 0.00450.